The second-order valence-corrected chi connectivity index (χ2v) is 4.31. The zero-order valence-electron chi connectivity index (χ0n) is 7.40. The summed E-state index contributed by atoms with van der Waals surface area (Å²) in [6.45, 7) is 0.259. The van der Waals surface area contributed by atoms with Crippen LogP contribution in [-0.4, -0.2) is 24.9 Å². The van der Waals surface area contributed by atoms with E-state index >= 15 is 0 Å². The Balaban J connectivity index is 2.49. The van der Waals surface area contributed by atoms with Crippen LogP contribution in [0.4, 0.5) is 0 Å². The van der Waals surface area contributed by atoms with Gasteiger partial charge < -0.3 is 4.98 Å². The molecule has 0 unspecified atom stereocenters. The normalized spacial score (nSPS) is 11.1. The summed E-state index contributed by atoms with van der Waals surface area (Å²) in [6.07, 6.45) is 3.37. The fourth-order valence-corrected chi connectivity index (χ4v) is 1.82. The second kappa shape index (κ2) is 4.74. The average Bonchev–Trinajstić information content (AvgIpc) is 2.65. The van der Waals surface area contributed by atoms with Gasteiger partial charge in [-0.1, -0.05) is 0 Å². The van der Waals surface area contributed by atoms with Crippen LogP contribution in [0.2, 0.25) is 0 Å². The van der Waals surface area contributed by atoms with Gasteiger partial charge in [0.05, 0.1) is 18.6 Å². The maximum absolute atomic E-state index is 11.4. The van der Waals surface area contributed by atoms with Gasteiger partial charge in [-0.3, -0.25) is 0 Å². The molecule has 0 aliphatic rings. The Morgan fingerprint density at radius 2 is 2.43 bits per heavy atom. The molecule has 76 valence electrons. The van der Waals surface area contributed by atoms with Gasteiger partial charge in [0, 0.05) is 13.0 Å². The Labute approximate surface area is 82.0 Å². The van der Waals surface area contributed by atoms with Gasteiger partial charge in [0.15, 0.2) is 5.03 Å². The number of nitrogens with one attached hydrogen (secondary N) is 2. The lowest BCUT2D eigenvalue weighted by atomic mass is 10.3. The molecule has 0 aliphatic carbocycles. The molecule has 0 saturated heterocycles. The number of hydrogen-bond acceptors (Lipinski definition) is 4. The SMILES string of the molecule is N#CCCCNS(=O)(=O)c1cnc[nH]1. The number of nitriles is 1. The van der Waals surface area contributed by atoms with Crippen molar-refractivity contribution in [2.75, 3.05) is 6.54 Å². The van der Waals surface area contributed by atoms with E-state index in [1.165, 1.54) is 12.5 Å². The largest absolute Gasteiger partial charge is 0.335 e. The van der Waals surface area contributed by atoms with Gasteiger partial charge in [0.1, 0.15) is 0 Å². The number of hydrogen-bond donors (Lipinski definition) is 2. The molecular weight excluding hydrogens is 204 g/mol. The van der Waals surface area contributed by atoms with Crippen molar-refractivity contribution >= 4 is 10.0 Å². The molecule has 0 aliphatic heterocycles. The van der Waals surface area contributed by atoms with Gasteiger partial charge in [-0.2, -0.15) is 5.26 Å². The average molecular weight is 214 g/mol. The molecule has 1 aromatic heterocycles. The van der Waals surface area contributed by atoms with Crippen LogP contribution in [0.25, 0.3) is 0 Å². The molecule has 1 aromatic rings. The third-order valence-electron chi connectivity index (χ3n) is 1.52. The number of imidazole rings is 1. The van der Waals surface area contributed by atoms with Gasteiger partial charge in [-0.15, -0.1) is 0 Å². The van der Waals surface area contributed by atoms with Crippen molar-refractivity contribution in [3.05, 3.63) is 12.5 Å². The van der Waals surface area contributed by atoms with Crippen molar-refractivity contribution in [1.82, 2.24) is 14.7 Å². The minimum Gasteiger partial charge on any atom is -0.335 e. The highest BCUT2D eigenvalue weighted by molar-refractivity contribution is 7.89. The van der Waals surface area contributed by atoms with E-state index in [1.54, 1.807) is 0 Å². The van der Waals surface area contributed by atoms with Crippen LogP contribution in [-0.2, 0) is 10.0 Å². The molecule has 0 atom stereocenters. The summed E-state index contributed by atoms with van der Waals surface area (Å²) < 4.78 is 25.1. The highest BCUT2D eigenvalue weighted by Crippen LogP contribution is 2.01. The number of nitrogens with zero attached hydrogens (tertiary/aromatic N) is 2. The van der Waals surface area contributed by atoms with Crippen LogP contribution in [0.15, 0.2) is 17.6 Å². The summed E-state index contributed by atoms with van der Waals surface area (Å²) in [5, 5.41) is 8.27. The Hall–Kier alpha value is -1.39. The molecule has 1 heterocycles. The van der Waals surface area contributed by atoms with Gasteiger partial charge in [0.2, 0.25) is 0 Å². The van der Waals surface area contributed by atoms with Gasteiger partial charge >= 0.3 is 0 Å². The van der Waals surface area contributed by atoms with Crippen molar-refractivity contribution in [1.29, 1.82) is 5.26 Å². The zero-order valence-corrected chi connectivity index (χ0v) is 8.21. The van der Waals surface area contributed by atoms with Crippen molar-refractivity contribution in [3.8, 4) is 6.07 Å². The summed E-state index contributed by atoms with van der Waals surface area (Å²) in [5.74, 6) is 0. The van der Waals surface area contributed by atoms with E-state index in [1.807, 2.05) is 6.07 Å². The highest BCUT2D eigenvalue weighted by atomic mass is 32.2. The minimum absolute atomic E-state index is 0.0365. The van der Waals surface area contributed by atoms with Crippen molar-refractivity contribution in [2.45, 2.75) is 17.9 Å². The maximum Gasteiger partial charge on any atom is 0.257 e. The highest BCUT2D eigenvalue weighted by Gasteiger charge is 2.13. The molecule has 1 rings (SSSR count). The standard InChI is InChI=1S/C7H10N4O2S/c8-3-1-2-4-11-14(12,13)7-5-9-6-10-7/h5-6,11H,1-2,4H2,(H,9,10). The number of unbranched alkanes of at least 4 members (excludes halogenated alkanes) is 1. The first-order valence-electron chi connectivity index (χ1n) is 4.02. The lowest BCUT2D eigenvalue weighted by molar-refractivity contribution is 0.576. The molecule has 0 spiro atoms. The van der Waals surface area contributed by atoms with Crippen LogP contribution >= 0.6 is 0 Å². The van der Waals surface area contributed by atoms with E-state index in [-0.39, 0.29) is 11.6 Å². The molecule has 0 radical (unpaired) electrons. The monoisotopic (exact) mass is 214 g/mol. The third-order valence-corrected chi connectivity index (χ3v) is 2.91. The predicted octanol–water partition coefficient (Wildman–Crippen LogP) is -0.00822. The lowest BCUT2D eigenvalue weighted by Crippen LogP contribution is -2.24. The van der Waals surface area contributed by atoms with E-state index in [9.17, 15) is 8.42 Å². The fraction of sp³-hybridized carbons (Fsp3) is 0.429. The Morgan fingerprint density at radius 1 is 1.64 bits per heavy atom. The third kappa shape index (κ3) is 2.83. The van der Waals surface area contributed by atoms with Gasteiger partial charge in [0.25, 0.3) is 10.0 Å². The maximum atomic E-state index is 11.4. The molecule has 0 bridgehead atoms. The van der Waals surface area contributed by atoms with Gasteiger partial charge in [-0.25, -0.2) is 18.1 Å². The first-order chi connectivity index (χ1) is 6.67. The minimum atomic E-state index is -3.47. The molecule has 14 heavy (non-hydrogen) atoms. The second-order valence-electron chi connectivity index (χ2n) is 2.58. The molecular formula is C7H10N4O2S. The topological polar surface area (TPSA) is 98.6 Å². The van der Waals surface area contributed by atoms with Crippen LogP contribution in [0.1, 0.15) is 12.8 Å². The number of sulfonamides is 1. The first-order valence-corrected chi connectivity index (χ1v) is 5.50. The van der Waals surface area contributed by atoms with E-state index < -0.39 is 10.0 Å². The van der Waals surface area contributed by atoms with Crippen molar-refractivity contribution < 1.29 is 8.42 Å². The summed E-state index contributed by atoms with van der Waals surface area (Å²) in [7, 11) is -3.47. The molecule has 2 N–H and O–H groups in total. The van der Waals surface area contributed by atoms with E-state index in [2.05, 4.69) is 14.7 Å². The summed E-state index contributed by atoms with van der Waals surface area (Å²) >= 11 is 0. The quantitative estimate of drug-likeness (QED) is 0.673. The Morgan fingerprint density at radius 3 is 3.00 bits per heavy atom. The summed E-state index contributed by atoms with van der Waals surface area (Å²) in [6, 6.07) is 1.93. The Bertz CT molecular complexity index is 403. The van der Waals surface area contributed by atoms with Crippen molar-refractivity contribution in [3.63, 3.8) is 0 Å². The van der Waals surface area contributed by atoms with Gasteiger partial charge in [-0.05, 0) is 6.42 Å². The summed E-state index contributed by atoms with van der Waals surface area (Å²) in [4.78, 5) is 6.10. The first kappa shape index (κ1) is 10.7. The molecule has 0 fully saturated rings. The van der Waals surface area contributed by atoms with Crippen LogP contribution in [0.5, 0.6) is 0 Å². The fourth-order valence-electron chi connectivity index (χ4n) is 0.842. The smallest absolute Gasteiger partial charge is 0.257 e. The van der Waals surface area contributed by atoms with Crippen LogP contribution in [0.3, 0.4) is 0 Å². The van der Waals surface area contributed by atoms with E-state index in [0.29, 0.717) is 12.8 Å². The van der Waals surface area contributed by atoms with Crippen LogP contribution < -0.4 is 4.72 Å². The molecule has 0 saturated carbocycles. The predicted molar refractivity (Wildman–Crippen MR) is 48.6 cm³/mol. The number of H-pyrrole nitrogens is 1. The van der Waals surface area contributed by atoms with E-state index in [4.69, 9.17) is 5.26 Å². The van der Waals surface area contributed by atoms with E-state index in [0.717, 1.165) is 0 Å². The molecule has 0 amide bonds. The number of aromatic amines is 1. The van der Waals surface area contributed by atoms with Crippen LogP contribution in [0, 0.1) is 11.3 Å². The molecule has 0 aromatic carbocycles. The summed E-state index contributed by atoms with van der Waals surface area (Å²) in [5.41, 5.74) is 0. The number of rotatable bonds is 5. The lowest BCUT2D eigenvalue weighted by Gasteiger charge is -2.01. The Kier molecular flexibility index (Phi) is 3.62. The van der Waals surface area contributed by atoms with Crippen molar-refractivity contribution in [2.24, 2.45) is 0 Å². The number of aromatic nitrogens is 2. The molecule has 7 heteroatoms. The molecule has 6 nitrogen and oxygen atoms in total. The zero-order chi connectivity index (χ0) is 10.4.